The average Bonchev–Trinajstić information content (AvgIpc) is 3.59. The maximum absolute atomic E-state index is 14.5. The summed E-state index contributed by atoms with van der Waals surface area (Å²) in [6.07, 6.45) is 3.56. The van der Waals surface area contributed by atoms with Crippen LogP contribution in [0, 0.1) is 11.7 Å². The summed E-state index contributed by atoms with van der Waals surface area (Å²) in [6, 6.07) is 15.7. The average molecular weight is 571 g/mol. The van der Waals surface area contributed by atoms with Crippen molar-refractivity contribution in [2.24, 2.45) is 5.92 Å². The molecule has 2 aromatic carbocycles. The van der Waals surface area contributed by atoms with Crippen LogP contribution < -0.4 is 9.80 Å². The zero-order chi connectivity index (χ0) is 28.7. The second-order valence-electron chi connectivity index (χ2n) is 10.5. The molecule has 1 aliphatic heterocycles. The number of rotatable bonds is 9. The number of carbonyl (C=O) groups excluding carboxylic acids is 2. The molecule has 0 spiro atoms. The number of carbonyl (C=O) groups is 3. The first-order valence-corrected chi connectivity index (χ1v) is 14.3. The van der Waals surface area contributed by atoms with Crippen LogP contribution >= 0.6 is 11.3 Å². The van der Waals surface area contributed by atoms with Crippen molar-refractivity contribution in [3.63, 3.8) is 0 Å². The molecular weight excluding hydrogens is 543 g/mol. The molecule has 1 saturated carbocycles. The summed E-state index contributed by atoms with van der Waals surface area (Å²) in [7, 11) is 1.69. The molecule has 0 radical (unpaired) electrons. The number of fused-ring (bicyclic) bond motifs is 1. The summed E-state index contributed by atoms with van der Waals surface area (Å²) in [6.45, 7) is 0. The predicted octanol–water partition coefficient (Wildman–Crippen LogP) is 5.36. The Morgan fingerprint density at radius 1 is 1.15 bits per heavy atom. The summed E-state index contributed by atoms with van der Waals surface area (Å²) in [5, 5.41) is 11.8. The fourth-order valence-electron chi connectivity index (χ4n) is 5.28. The minimum atomic E-state index is -1.03. The lowest BCUT2D eigenvalue weighted by Gasteiger charge is -2.25. The topological polar surface area (TPSA) is 104 Å². The van der Waals surface area contributed by atoms with Crippen molar-refractivity contribution in [3.8, 4) is 22.4 Å². The summed E-state index contributed by atoms with van der Waals surface area (Å²) in [5.74, 6) is -1.90. The Bertz CT molecular complexity index is 1650. The van der Waals surface area contributed by atoms with Gasteiger partial charge >= 0.3 is 5.97 Å². The number of anilines is 2. The smallest absolute Gasteiger partial charge is 0.304 e. The van der Waals surface area contributed by atoms with Crippen LogP contribution in [-0.2, 0) is 27.2 Å². The molecule has 8 nitrogen and oxygen atoms in total. The van der Waals surface area contributed by atoms with Gasteiger partial charge in [0.25, 0.3) is 0 Å². The largest absolute Gasteiger partial charge is 0.481 e. The van der Waals surface area contributed by atoms with Crippen molar-refractivity contribution >= 4 is 40.1 Å². The molecule has 6 rings (SSSR count). The van der Waals surface area contributed by atoms with Gasteiger partial charge in [-0.1, -0.05) is 36.4 Å². The molecule has 1 atom stereocenters. The number of nitrogens with zero attached hydrogens (tertiary/aromatic N) is 4. The van der Waals surface area contributed by atoms with Crippen LogP contribution in [0.2, 0.25) is 0 Å². The fraction of sp³-hybridized carbons (Fsp3) is 0.258. The molecule has 41 heavy (non-hydrogen) atoms. The van der Waals surface area contributed by atoms with Crippen molar-refractivity contribution in [3.05, 3.63) is 83.1 Å². The molecule has 1 N–H and O–H groups in total. The van der Waals surface area contributed by atoms with Crippen LogP contribution in [-0.4, -0.2) is 45.9 Å². The van der Waals surface area contributed by atoms with Crippen LogP contribution in [0.25, 0.3) is 22.4 Å². The minimum absolute atomic E-state index is 0.0357. The van der Waals surface area contributed by atoms with E-state index in [1.54, 1.807) is 29.6 Å². The number of amides is 2. The van der Waals surface area contributed by atoms with Crippen molar-refractivity contribution in [1.82, 2.24) is 9.97 Å². The van der Waals surface area contributed by atoms with Crippen LogP contribution in [0.3, 0.4) is 0 Å². The number of pyridine rings is 1. The summed E-state index contributed by atoms with van der Waals surface area (Å²) in [5.41, 5.74) is 4.18. The molecule has 2 aliphatic rings. The van der Waals surface area contributed by atoms with E-state index >= 15 is 0 Å². The lowest BCUT2D eigenvalue weighted by molar-refractivity contribution is -0.140. The number of hydrogen-bond acceptors (Lipinski definition) is 6. The molecule has 3 heterocycles. The van der Waals surface area contributed by atoms with Crippen molar-refractivity contribution in [2.45, 2.75) is 38.1 Å². The zero-order valence-corrected chi connectivity index (χ0v) is 23.1. The fourth-order valence-corrected chi connectivity index (χ4v) is 6.18. The first-order chi connectivity index (χ1) is 19.8. The highest BCUT2D eigenvalue weighted by atomic mass is 32.1. The number of carboxylic acid groups (broad SMARTS) is 1. The second kappa shape index (κ2) is 10.9. The van der Waals surface area contributed by atoms with E-state index in [0.717, 1.165) is 29.5 Å². The van der Waals surface area contributed by atoms with Crippen LogP contribution in [0.5, 0.6) is 0 Å². The lowest BCUT2D eigenvalue weighted by atomic mass is 9.94. The van der Waals surface area contributed by atoms with Gasteiger partial charge in [-0.2, -0.15) is 0 Å². The molecule has 1 unspecified atom stereocenters. The van der Waals surface area contributed by atoms with E-state index in [-0.39, 0.29) is 30.7 Å². The summed E-state index contributed by atoms with van der Waals surface area (Å²) >= 11 is 1.28. The molecule has 0 saturated heterocycles. The number of thiazole rings is 1. The van der Waals surface area contributed by atoms with Gasteiger partial charge < -0.3 is 5.11 Å². The van der Waals surface area contributed by atoms with Gasteiger partial charge in [0.1, 0.15) is 11.6 Å². The molecule has 1 fully saturated rings. The molecule has 1 aliphatic carbocycles. The van der Waals surface area contributed by atoms with Gasteiger partial charge in [-0.05, 0) is 48.6 Å². The Balaban J connectivity index is 1.33. The molecule has 0 bridgehead atoms. The maximum Gasteiger partial charge on any atom is 0.304 e. The Labute approximate surface area is 240 Å². The lowest BCUT2D eigenvalue weighted by Crippen LogP contribution is -2.39. The number of halogens is 1. The highest BCUT2D eigenvalue weighted by Crippen LogP contribution is 2.40. The third kappa shape index (κ3) is 5.47. The first-order valence-electron chi connectivity index (χ1n) is 13.4. The number of benzene rings is 2. The highest BCUT2D eigenvalue weighted by Gasteiger charge is 2.39. The Kier molecular flexibility index (Phi) is 7.08. The second-order valence-corrected chi connectivity index (χ2v) is 11.3. The normalized spacial score (nSPS) is 15.1. The maximum atomic E-state index is 14.5. The third-order valence-corrected chi connectivity index (χ3v) is 8.33. The minimum Gasteiger partial charge on any atom is -0.481 e. The number of carboxylic acids is 1. The van der Waals surface area contributed by atoms with Gasteiger partial charge in [0.05, 0.1) is 24.5 Å². The molecule has 2 amide bonds. The van der Waals surface area contributed by atoms with E-state index in [0.29, 0.717) is 34.2 Å². The predicted molar refractivity (Wildman–Crippen MR) is 154 cm³/mol. The quantitative estimate of drug-likeness (QED) is 0.291. The van der Waals surface area contributed by atoms with Gasteiger partial charge in [-0.15, -0.1) is 11.3 Å². The van der Waals surface area contributed by atoms with Crippen LogP contribution in [0.4, 0.5) is 15.3 Å². The molecule has 10 heteroatoms. The molecule has 4 aromatic rings. The van der Waals surface area contributed by atoms with Gasteiger partial charge in [-0.25, -0.2) is 14.4 Å². The molecule has 208 valence electrons. The van der Waals surface area contributed by atoms with E-state index in [4.69, 9.17) is 4.98 Å². The van der Waals surface area contributed by atoms with Gasteiger partial charge in [-0.3, -0.25) is 24.2 Å². The molecule has 2 aromatic heterocycles. The summed E-state index contributed by atoms with van der Waals surface area (Å²) < 4.78 is 14.5. The number of aliphatic carboxylic acids is 1. The highest BCUT2D eigenvalue weighted by molar-refractivity contribution is 7.14. The Hall–Kier alpha value is -4.44. The van der Waals surface area contributed by atoms with E-state index in [1.807, 2.05) is 36.4 Å². The van der Waals surface area contributed by atoms with E-state index in [1.165, 1.54) is 28.4 Å². The Morgan fingerprint density at radius 2 is 1.93 bits per heavy atom. The van der Waals surface area contributed by atoms with Crippen molar-refractivity contribution in [2.75, 3.05) is 16.8 Å². The third-order valence-electron chi connectivity index (χ3n) is 7.49. The standard InChI is InChI=1S/C31H27FN4O4S/c1-35-27(37)13-19-12-21(16-33-29(19)35)24-10-7-22(32)15-25(24)26-17-41-31(34-26)36(23-8-9-23)30(40)20(14-28(38)39)11-18-5-3-2-4-6-18/h2-7,10,12,15-17,20,23H,8-9,11,13-14H2,1H3,(H,38,39). The van der Waals surface area contributed by atoms with E-state index in [9.17, 15) is 23.9 Å². The summed E-state index contributed by atoms with van der Waals surface area (Å²) in [4.78, 5) is 50.1. The number of hydrogen-bond donors (Lipinski definition) is 1. The van der Waals surface area contributed by atoms with Crippen LogP contribution in [0.1, 0.15) is 30.4 Å². The van der Waals surface area contributed by atoms with Gasteiger partial charge in [0, 0.05) is 41.4 Å². The number of likely N-dealkylation sites (N-methyl/N-ethyl adjacent to an activating group) is 1. The zero-order valence-electron chi connectivity index (χ0n) is 22.3. The SMILES string of the molecule is CN1C(=O)Cc2cc(-c3ccc(F)cc3-c3csc(N(C(=O)C(CC(=O)O)Cc4ccccc4)C4CC4)n3)cnc21. The molecular formula is C31H27FN4O4S. The number of aromatic nitrogens is 2. The van der Waals surface area contributed by atoms with E-state index < -0.39 is 17.7 Å². The Morgan fingerprint density at radius 3 is 2.66 bits per heavy atom. The van der Waals surface area contributed by atoms with E-state index in [2.05, 4.69) is 4.98 Å². The monoisotopic (exact) mass is 570 g/mol. The first kappa shape index (κ1) is 26.8. The van der Waals surface area contributed by atoms with Gasteiger partial charge in [0.15, 0.2) is 5.13 Å². The van der Waals surface area contributed by atoms with Gasteiger partial charge in [0.2, 0.25) is 11.8 Å². The van der Waals surface area contributed by atoms with Crippen molar-refractivity contribution < 1.29 is 23.9 Å². The van der Waals surface area contributed by atoms with Crippen LogP contribution in [0.15, 0.2) is 66.2 Å². The van der Waals surface area contributed by atoms with Crippen molar-refractivity contribution in [1.29, 1.82) is 0 Å².